The van der Waals surface area contributed by atoms with Gasteiger partial charge < -0.3 is 4.42 Å². The van der Waals surface area contributed by atoms with Crippen LogP contribution in [0, 0.1) is 10.7 Å². The van der Waals surface area contributed by atoms with E-state index in [-0.39, 0.29) is 0 Å². The van der Waals surface area contributed by atoms with Crippen molar-refractivity contribution in [3.8, 4) is 11.6 Å². The topological polar surface area (TPSA) is 39.1 Å². The van der Waals surface area contributed by atoms with Crippen molar-refractivity contribution in [3.63, 3.8) is 0 Å². The van der Waals surface area contributed by atoms with E-state index in [2.05, 4.69) is 42.2 Å². The minimum atomic E-state index is 0.748. The van der Waals surface area contributed by atoms with Gasteiger partial charge in [-0.3, -0.25) is 9.47 Å². The number of likely N-dealkylation sites (tertiary alicyclic amines) is 1. The van der Waals surface area contributed by atoms with Crippen molar-refractivity contribution in [1.29, 1.82) is 0 Å². The predicted octanol–water partition coefficient (Wildman–Crippen LogP) is 4.61. The molecular formula is C21H26N4OS. The highest BCUT2D eigenvalue weighted by Crippen LogP contribution is 2.23. The molecule has 0 bridgehead atoms. The monoisotopic (exact) mass is 382 g/mol. The molecule has 0 saturated carbocycles. The summed E-state index contributed by atoms with van der Waals surface area (Å²) in [5.74, 6) is 2.35. The zero-order valence-electron chi connectivity index (χ0n) is 15.8. The highest BCUT2D eigenvalue weighted by molar-refractivity contribution is 7.71. The van der Waals surface area contributed by atoms with Crippen LogP contribution in [0.25, 0.3) is 11.6 Å². The Labute approximate surface area is 165 Å². The molecule has 0 aliphatic carbocycles. The average molecular weight is 383 g/mol. The quantitative estimate of drug-likeness (QED) is 0.584. The lowest BCUT2D eigenvalue weighted by atomic mass is 9.90. The van der Waals surface area contributed by atoms with Crippen LogP contribution in [0.5, 0.6) is 0 Å². The van der Waals surface area contributed by atoms with Crippen molar-refractivity contribution in [2.45, 2.75) is 39.4 Å². The molecule has 2 aromatic heterocycles. The summed E-state index contributed by atoms with van der Waals surface area (Å²) in [5.41, 5.74) is 1.45. The van der Waals surface area contributed by atoms with Crippen molar-refractivity contribution in [2.24, 2.45) is 5.92 Å². The van der Waals surface area contributed by atoms with Gasteiger partial charge in [0, 0.05) is 19.6 Å². The summed E-state index contributed by atoms with van der Waals surface area (Å²) >= 11 is 5.66. The number of hydrogen-bond acceptors (Lipinski definition) is 4. The standard InChI is InChI=1S/C21H26N4OS/c1-2-24-20(19-9-6-14-26-19)22-25(21(24)27)16-23-12-10-18(11-13-23)15-17-7-4-3-5-8-17/h3-9,14,18H,2,10-13,15-16H2,1H3. The van der Waals surface area contributed by atoms with Gasteiger partial charge in [0.2, 0.25) is 0 Å². The molecule has 27 heavy (non-hydrogen) atoms. The third kappa shape index (κ3) is 4.06. The van der Waals surface area contributed by atoms with Crippen LogP contribution < -0.4 is 0 Å². The molecule has 5 nitrogen and oxygen atoms in total. The number of aromatic nitrogens is 3. The van der Waals surface area contributed by atoms with E-state index in [1.54, 1.807) is 6.26 Å². The molecule has 0 atom stereocenters. The molecule has 1 aliphatic heterocycles. The lowest BCUT2D eigenvalue weighted by Gasteiger charge is -2.31. The fourth-order valence-corrected chi connectivity index (χ4v) is 4.19. The Morgan fingerprint density at radius 3 is 2.56 bits per heavy atom. The number of rotatable bonds is 6. The third-order valence-electron chi connectivity index (χ3n) is 5.39. The molecule has 1 aliphatic rings. The molecule has 0 unspecified atom stereocenters. The van der Waals surface area contributed by atoms with Gasteiger partial charge in [0.1, 0.15) is 0 Å². The van der Waals surface area contributed by atoms with Gasteiger partial charge in [-0.15, -0.1) is 5.10 Å². The second-order valence-electron chi connectivity index (χ2n) is 7.22. The van der Waals surface area contributed by atoms with E-state index in [0.29, 0.717) is 0 Å². The van der Waals surface area contributed by atoms with Gasteiger partial charge in [-0.2, -0.15) is 0 Å². The van der Waals surface area contributed by atoms with E-state index in [4.69, 9.17) is 21.7 Å². The first-order valence-electron chi connectivity index (χ1n) is 9.72. The summed E-state index contributed by atoms with van der Waals surface area (Å²) in [7, 11) is 0. The van der Waals surface area contributed by atoms with Crippen LogP contribution >= 0.6 is 12.2 Å². The van der Waals surface area contributed by atoms with Gasteiger partial charge in [-0.05, 0) is 62.0 Å². The van der Waals surface area contributed by atoms with Crippen LogP contribution in [0.3, 0.4) is 0 Å². The highest BCUT2D eigenvalue weighted by atomic mass is 32.1. The molecule has 3 heterocycles. The summed E-state index contributed by atoms with van der Waals surface area (Å²) in [4.78, 5) is 2.45. The number of hydrogen-bond donors (Lipinski definition) is 0. The lowest BCUT2D eigenvalue weighted by molar-refractivity contribution is 0.140. The molecule has 1 saturated heterocycles. The second kappa shape index (κ2) is 8.23. The van der Waals surface area contributed by atoms with Gasteiger partial charge in [0.25, 0.3) is 0 Å². The maximum Gasteiger partial charge on any atom is 0.199 e. The fourth-order valence-electron chi connectivity index (χ4n) is 3.88. The molecule has 1 aromatic carbocycles. The normalized spacial score (nSPS) is 16.0. The first kappa shape index (κ1) is 18.2. The molecular weight excluding hydrogens is 356 g/mol. The van der Waals surface area contributed by atoms with Gasteiger partial charge >= 0.3 is 0 Å². The molecule has 6 heteroatoms. The smallest absolute Gasteiger partial charge is 0.199 e. The van der Waals surface area contributed by atoms with Crippen molar-refractivity contribution < 1.29 is 4.42 Å². The van der Waals surface area contributed by atoms with Crippen LogP contribution in [-0.2, 0) is 19.6 Å². The molecule has 142 valence electrons. The van der Waals surface area contributed by atoms with Gasteiger partial charge in [0.05, 0.1) is 12.9 Å². The Balaban J connectivity index is 1.40. The van der Waals surface area contributed by atoms with E-state index in [9.17, 15) is 0 Å². The van der Waals surface area contributed by atoms with Gasteiger partial charge in [-0.25, -0.2) is 4.68 Å². The van der Waals surface area contributed by atoms with Gasteiger partial charge in [-0.1, -0.05) is 30.3 Å². The minimum absolute atomic E-state index is 0.748. The molecule has 0 radical (unpaired) electrons. The Hall–Kier alpha value is -2.18. The van der Waals surface area contributed by atoms with E-state index in [1.807, 2.05) is 21.4 Å². The summed E-state index contributed by atoms with van der Waals surface area (Å²) < 4.78 is 10.3. The lowest BCUT2D eigenvalue weighted by Crippen LogP contribution is -2.36. The molecule has 1 fully saturated rings. The maximum absolute atomic E-state index is 5.66. The molecule has 3 aromatic rings. The van der Waals surface area contributed by atoms with Crippen LogP contribution in [-0.4, -0.2) is 32.3 Å². The van der Waals surface area contributed by atoms with Crippen LogP contribution in [0.4, 0.5) is 0 Å². The number of nitrogens with zero attached hydrogens (tertiary/aromatic N) is 4. The molecule has 0 spiro atoms. The largest absolute Gasteiger partial charge is 0.461 e. The number of benzene rings is 1. The summed E-state index contributed by atoms with van der Waals surface area (Å²) in [6, 6.07) is 14.6. The summed E-state index contributed by atoms with van der Waals surface area (Å²) in [5, 5.41) is 4.74. The predicted molar refractivity (Wildman–Crippen MR) is 109 cm³/mol. The molecule has 0 amide bonds. The van der Waals surface area contributed by atoms with Crippen LogP contribution in [0.1, 0.15) is 25.3 Å². The first-order chi connectivity index (χ1) is 13.2. The average Bonchev–Trinajstić information content (AvgIpc) is 3.33. The Bertz CT molecular complexity index is 906. The maximum atomic E-state index is 5.66. The van der Waals surface area contributed by atoms with Crippen LogP contribution in [0.2, 0.25) is 0 Å². The Kier molecular flexibility index (Phi) is 5.55. The first-order valence-corrected chi connectivity index (χ1v) is 10.1. The van der Waals surface area contributed by atoms with E-state index in [0.717, 1.165) is 48.6 Å². The summed E-state index contributed by atoms with van der Waals surface area (Å²) in [6.45, 7) is 5.80. The third-order valence-corrected chi connectivity index (χ3v) is 5.82. The van der Waals surface area contributed by atoms with E-state index < -0.39 is 0 Å². The van der Waals surface area contributed by atoms with E-state index >= 15 is 0 Å². The van der Waals surface area contributed by atoms with Crippen molar-refractivity contribution in [3.05, 3.63) is 59.1 Å². The number of furan rings is 1. The number of piperidine rings is 1. The Morgan fingerprint density at radius 1 is 1.11 bits per heavy atom. The minimum Gasteiger partial charge on any atom is -0.461 e. The zero-order valence-corrected chi connectivity index (χ0v) is 16.6. The SMILES string of the molecule is CCn1c(-c2ccco2)nn(CN2CCC(Cc3ccccc3)CC2)c1=S. The Morgan fingerprint density at radius 2 is 1.89 bits per heavy atom. The van der Waals surface area contributed by atoms with Crippen molar-refractivity contribution >= 4 is 12.2 Å². The summed E-state index contributed by atoms with van der Waals surface area (Å²) in [6.07, 6.45) is 5.31. The van der Waals surface area contributed by atoms with Gasteiger partial charge in [0.15, 0.2) is 16.4 Å². The van der Waals surface area contributed by atoms with Crippen molar-refractivity contribution in [1.82, 2.24) is 19.2 Å². The van der Waals surface area contributed by atoms with Crippen molar-refractivity contribution in [2.75, 3.05) is 13.1 Å². The van der Waals surface area contributed by atoms with E-state index in [1.165, 1.54) is 24.8 Å². The molecule has 4 rings (SSSR count). The van der Waals surface area contributed by atoms with Crippen LogP contribution in [0.15, 0.2) is 53.1 Å². The fraction of sp³-hybridized carbons (Fsp3) is 0.429. The second-order valence-corrected chi connectivity index (χ2v) is 7.58. The molecule has 0 N–H and O–H groups in total. The highest BCUT2D eigenvalue weighted by Gasteiger charge is 2.21. The zero-order chi connectivity index (χ0) is 18.6.